The molecule has 0 saturated heterocycles. The summed E-state index contributed by atoms with van der Waals surface area (Å²) in [6.45, 7) is 13.0. The summed E-state index contributed by atoms with van der Waals surface area (Å²) in [5.74, 6) is 0.219. The smallest absolute Gasteiger partial charge is 0.281 e. The van der Waals surface area contributed by atoms with Gasteiger partial charge in [0.15, 0.2) is 5.69 Å². The second kappa shape index (κ2) is 16.4. The number of sulfonamides is 1. The summed E-state index contributed by atoms with van der Waals surface area (Å²) in [7, 11) is -3.74. The molecule has 2 atom stereocenters. The van der Waals surface area contributed by atoms with Crippen LogP contribution >= 0.6 is 0 Å². The lowest BCUT2D eigenvalue weighted by molar-refractivity contribution is 0.270. The molecule has 0 fully saturated rings. The summed E-state index contributed by atoms with van der Waals surface area (Å²) in [4.78, 5) is 13.0. The van der Waals surface area contributed by atoms with E-state index >= 15 is 0 Å². The Balaban J connectivity index is 2.41. The van der Waals surface area contributed by atoms with E-state index in [0.717, 1.165) is 55.9 Å². The molecule has 1 N–H and O–H groups in total. The Labute approximate surface area is 246 Å². The van der Waals surface area contributed by atoms with Crippen molar-refractivity contribution in [1.29, 1.82) is 5.26 Å². The normalized spacial score (nSPS) is 13.5. The van der Waals surface area contributed by atoms with Crippen molar-refractivity contribution in [2.24, 2.45) is 22.1 Å². The fraction of sp³-hybridized carbons (Fsp3) is 0.613. The van der Waals surface area contributed by atoms with Gasteiger partial charge in [-0.25, -0.2) is 8.42 Å². The lowest BCUT2D eigenvalue weighted by Gasteiger charge is -2.30. The Morgan fingerprint density at radius 2 is 1.49 bits per heavy atom. The lowest BCUT2D eigenvalue weighted by Crippen LogP contribution is -2.39. The van der Waals surface area contributed by atoms with E-state index < -0.39 is 21.5 Å². The summed E-state index contributed by atoms with van der Waals surface area (Å²) in [6.07, 6.45) is 8.21. The highest BCUT2D eigenvalue weighted by atomic mass is 32.2. The standard InChI is InChI=1S/C31H47N5O4S/c1-7-12-14-24(9-3)21-35(22-25(10-4)15-13-8-2)41(39,40)27-18-16-26(17-19-27)33-34-29-23(6)28(20-32)30(37)36(11-5)31(29)38/h16-19,24-25,37H,7-15,21-22H2,1-6H3. The number of nitrogens with zero attached hydrogens (tertiary/aromatic N) is 5. The molecule has 0 radical (unpaired) electrons. The van der Waals surface area contributed by atoms with E-state index in [4.69, 9.17) is 0 Å². The maximum Gasteiger partial charge on any atom is 0.281 e. The van der Waals surface area contributed by atoms with E-state index in [0.29, 0.717) is 30.6 Å². The molecule has 0 bridgehead atoms. The molecule has 41 heavy (non-hydrogen) atoms. The summed E-state index contributed by atoms with van der Waals surface area (Å²) in [5, 5.41) is 27.9. The number of aromatic nitrogens is 1. The number of unbranched alkanes of at least 4 members (excludes halogenated alkanes) is 2. The van der Waals surface area contributed by atoms with Gasteiger partial charge in [0.05, 0.1) is 10.6 Å². The van der Waals surface area contributed by atoms with Crippen molar-refractivity contribution in [3.8, 4) is 11.9 Å². The van der Waals surface area contributed by atoms with Crippen LogP contribution in [0.15, 0.2) is 44.2 Å². The highest BCUT2D eigenvalue weighted by molar-refractivity contribution is 7.89. The topological polar surface area (TPSA) is 128 Å². The monoisotopic (exact) mass is 585 g/mol. The summed E-state index contributed by atoms with van der Waals surface area (Å²) in [5.41, 5.74) is -0.0229. The molecule has 1 aromatic heterocycles. The number of pyridine rings is 1. The first-order valence-electron chi connectivity index (χ1n) is 15.0. The first-order chi connectivity index (χ1) is 19.6. The molecule has 0 aliphatic heterocycles. The van der Waals surface area contributed by atoms with Gasteiger partial charge in [-0.2, -0.15) is 14.7 Å². The van der Waals surface area contributed by atoms with Crippen molar-refractivity contribution in [3.05, 3.63) is 45.7 Å². The molecule has 0 aliphatic rings. The molecule has 0 saturated carbocycles. The fourth-order valence-electron chi connectivity index (χ4n) is 4.97. The maximum absolute atomic E-state index is 13.9. The largest absolute Gasteiger partial charge is 0.493 e. The van der Waals surface area contributed by atoms with Gasteiger partial charge in [-0.1, -0.05) is 66.2 Å². The Kier molecular flexibility index (Phi) is 13.7. The summed E-state index contributed by atoms with van der Waals surface area (Å²) in [6, 6.07) is 8.11. The van der Waals surface area contributed by atoms with Crippen molar-refractivity contribution in [1.82, 2.24) is 8.87 Å². The Hall–Kier alpha value is -3.03. The molecule has 1 aromatic carbocycles. The average Bonchev–Trinajstić information content (AvgIpc) is 2.96. The van der Waals surface area contributed by atoms with Crippen LogP contribution in [0.2, 0.25) is 0 Å². The average molecular weight is 586 g/mol. The number of azo groups is 1. The van der Waals surface area contributed by atoms with E-state index in [1.807, 2.05) is 6.07 Å². The van der Waals surface area contributed by atoms with Crippen molar-refractivity contribution in [3.63, 3.8) is 0 Å². The molecule has 9 nitrogen and oxygen atoms in total. The van der Waals surface area contributed by atoms with Crippen LogP contribution in [0.4, 0.5) is 11.4 Å². The first kappa shape index (κ1) is 34.2. The predicted molar refractivity (Wildman–Crippen MR) is 163 cm³/mol. The molecular weight excluding hydrogens is 538 g/mol. The van der Waals surface area contributed by atoms with E-state index in [1.165, 1.54) is 19.1 Å². The van der Waals surface area contributed by atoms with E-state index in [1.54, 1.807) is 23.4 Å². The summed E-state index contributed by atoms with van der Waals surface area (Å²) >= 11 is 0. The second-order valence-corrected chi connectivity index (χ2v) is 12.6. The van der Waals surface area contributed by atoms with Gasteiger partial charge in [0, 0.05) is 25.2 Å². The molecule has 1 heterocycles. The number of nitriles is 1. The Morgan fingerprint density at radius 3 is 1.93 bits per heavy atom. The zero-order chi connectivity index (χ0) is 30.6. The summed E-state index contributed by atoms with van der Waals surface area (Å²) < 4.78 is 30.6. The molecule has 10 heteroatoms. The Morgan fingerprint density at radius 1 is 0.951 bits per heavy atom. The van der Waals surface area contributed by atoms with Crippen LogP contribution in [0.25, 0.3) is 0 Å². The van der Waals surface area contributed by atoms with Gasteiger partial charge in [0.2, 0.25) is 15.9 Å². The van der Waals surface area contributed by atoms with Crippen molar-refractivity contribution in [2.75, 3.05) is 13.1 Å². The second-order valence-electron chi connectivity index (χ2n) is 10.7. The van der Waals surface area contributed by atoms with Crippen LogP contribution < -0.4 is 5.56 Å². The molecule has 0 amide bonds. The van der Waals surface area contributed by atoms with Crippen molar-refractivity contribution >= 4 is 21.4 Å². The SMILES string of the molecule is CCCCC(CC)CN(CC(CC)CCCC)S(=O)(=O)c1ccc(N=Nc2c(C)c(C#N)c(O)n(CC)c2=O)cc1. The van der Waals surface area contributed by atoms with Crippen LogP contribution in [0.1, 0.15) is 97.1 Å². The molecule has 2 aromatic rings. The molecule has 0 spiro atoms. The third kappa shape index (κ3) is 8.73. The fourth-order valence-corrected chi connectivity index (χ4v) is 6.57. The zero-order valence-electron chi connectivity index (χ0n) is 25.6. The van der Waals surface area contributed by atoms with Gasteiger partial charge < -0.3 is 5.11 Å². The zero-order valence-corrected chi connectivity index (χ0v) is 26.4. The number of aromatic hydroxyl groups is 1. The number of rotatable bonds is 17. The van der Waals surface area contributed by atoms with Crippen LogP contribution in [-0.2, 0) is 16.6 Å². The number of hydrogen-bond acceptors (Lipinski definition) is 7. The number of benzene rings is 1. The minimum Gasteiger partial charge on any atom is -0.493 e. The van der Waals surface area contributed by atoms with Crippen LogP contribution in [0, 0.1) is 30.1 Å². The van der Waals surface area contributed by atoms with Crippen molar-refractivity contribution in [2.45, 2.75) is 104 Å². The molecule has 2 rings (SSSR count). The Bertz CT molecular complexity index is 1340. The van der Waals surface area contributed by atoms with Gasteiger partial charge in [-0.15, -0.1) is 5.11 Å². The molecule has 0 aliphatic carbocycles. The predicted octanol–water partition coefficient (Wildman–Crippen LogP) is 7.59. The van der Waals surface area contributed by atoms with E-state index in [9.17, 15) is 23.6 Å². The minimum absolute atomic E-state index is 0.0319. The highest BCUT2D eigenvalue weighted by Crippen LogP contribution is 2.29. The van der Waals surface area contributed by atoms with Gasteiger partial charge in [0.1, 0.15) is 11.6 Å². The lowest BCUT2D eigenvalue weighted by atomic mass is 9.97. The van der Waals surface area contributed by atoms with Crippen LogP contribution in [0.5, 0.6) is 5.88 Å². The van der Waals surface area contributed by atoms with Gasteiger partial charge >= 0.3 is 0 Å². The van der Waals surface area contributed by atoms with Gasteiger partial charge in [-0.05, 0) is 62.8 Å². The molecular formula is C31H47N5O4S. The third-order valence-corrected chi connectivity index (χ3v) is 9.68. The van der Waals surface area contributed by atoms with Crippen LogP contribution in [0.3, 0.4) is 0 Å². The first-order valence-corrected chi connectivity index (χ1v) is 16.4. The van der Waals surface area contributed by atoms with Crippen LogP contribution in [-0.4, -0.2) is 35.5 Å². The van der Waals surface area contributed by atoms with Crippen molar-refractivity contribution < 1.29 is 13.5 Å². The third-order valence-electron chi connectivity index (χ3n) is 7.84. The van der Waals surface area contributed by atoms with E-state index in [-0.39, 0.29) is 28.3 Å². The quantitative estimate of drug-likeness (QED) is 0.191. The van der Waals surface area contributed by atoms with Gasteiger partial charge in [-0.3, -0.25) is 9.36 Å². The minimum atomic E-state index is -3.74. The maximum atomic E-state index is 13.9. The highest BCUT2D eigenvalue weighted by Gasteiger charge is 2.29. The van der Waals surface area contributed by atoms with E-state index in [2.05, 4.69) is 37.9 Å². The molecule has 226 valence electrons. The molecule has 2 unspecified atom stereocenters. The van der Waals surface area contributed by atoms with Gasteiger partial charge in [0.25, 0.3) is 5.56 Å². The number of hydrogen-bond donors (Lipinski definition) is 1.